The van der Waals surface area contributed by atoms with Crippen molar-refractivity contribution in [1.29, 1.82) is 0 Å². The Morgan fingerprint density at radius 2 is 2.40 bits per heavy atom. The Balaban J connectivity index is 3.01. The van der Waals surface area contributed by atoms with E-state index in [9.17, 15) is 8.42 Å². The molecule has 0 radical (unpaired) electrons. The van der Waals surface area contributed by atoms with E-state index in [1.165, 1.54) is 17.9 Å². The van der Waals surface area contributed by atoms with Gasteiger partial charge in [0.05, 0.1) is 11.2 Å². The molecule has 1 aromatic rings. The molecule has 0 aromatic carbocycles. The van der Waals surface area contributed by atoms with Crippen LogP contribution in [0.3, 0.4) is 0 Å². The fourth-order valence-electron chi connectivity index (χ4n) is 0.943. The van der Waals surface area contributed by atoms with E-state index in [4.69, 9.17) is 11.6 Å². The highest BCUT2D eigenvalue weighted by Crippen LogP contribution is 2.19. The van der Waals surface area contributed by atoms with E-state index in [-0.39, 0.29) is 16.6 Å². The van der Waals surface area contributed by atoms with E-state index in [0.717, 1.165) is 0 Å². The van der Waals surface area contributed by atoms with Gasteiger partial charge in [0.25, 0.3) is 10.0 Å². The molecule has 1 N–H and O–H groups in total. The van der Waals surface area contributed by atoms with Crippen LogP contribution in [-0.2, 0) is 17.1 Å². The van der Waals surface area contributed by atoms with Crippen LogP contribution in [0.1, 0.15) is 0 Å². The quantitative estimate of drug-likeness (QED) is 0.910. The highest BCUT2D eigenvalue weighted by molar-refractivity contribution is 9.11. The van der Waals surface area contributed by atoms with Crippen LogP contribution in [-0.4, -0.2) is 24.7 Å². The molecule has 5 nitrogen and oxygen atoms in total. The lowest BCUT2D eigenvalue weighted by Crippen LogP contribution is -2.27. The Morgan fingerprint density at radius 3 is 2.80 bits per heavy atom. The maximum Gasteiger partial charge on any atom is 0.259 e. The summed E-state index contributed by atoms with van der Waals surface area (Å²) in [5.41, 5.74) is 0. The van der Waals surface area contributed by atoms with Crippen LogP contribution in [0.2, 0.25) is 5.02 Å². The van der Waals surface area contributed by atoms with Gasteiger partial charge in [-0.1, -0.05) is 34.1 Å². The van der Waals surface area contributed by atoms with Crippen LogP contribution in [0.5, 0.6) is 0 Å². The van der Waals surface area contributed by atoms with Gasteiger partial charge in [-0.25, -0.2) is 13.1 Å². The van der Waals surface area contributed by atoms with Gasteiger partial charge >= 0.3 is 0 Å². The maximum atomic E-state index is 11.7. The first-order valence-corrected chi connectivity index (χ1v) is 6.50. The fourth-order valence-corrected chi connectivity index (χ4v) is 2.95. The number of nitrogens with one attached hydrogen (secondary N) is 1. The lowest BCUT2D eigenvalue weighted by atomic mass is 10.7. The van der Waals surface area contributed by atoms with E-state index in [0.29, 0.717) is 4.48 Å². The fraction of sp³-hybridized carbons (Fsp3) is 0.286. The molecule has 1 aromatic heterocycles. The zero-order chi connectivity index (χ0) is 11.6. The van der Waals surface area contributed by atoms with Crippen molar-refractivity contribution in [2.75, 3.05) is 6.54 Å². The minimum atomic E-state index is -3.65. The summed E-state index contributed by atoms with van der Waals surface area (Å²) in [4.78, 5) is 0. The molecule has 0 aliphatic heterocycles. The van der Waals surface area contributed by atoms with Crippen LogP contribution in [0, 0.1) is 0 Å². The van der Waals surface area contributed by atoms with Crippen LogP contribution in [0.4, 0.5) is 0 Å². The Bertz CT molecular complexity index is 463. The molecule has 0 saturated heterocycles. The third-order valence-electron chi connectivity index (χ3n) is 1.55. The summed E-state index contributed by atoms with van der Waals surface area (Å²) in [5, 5.41) is 3.77. The van der Waals surface area contributed by atoms with Gasteiger partial charge in [0, 0.05) is 18.1 Å². The van der Waals surface area contributed by atoms with Crippen molar-refractivity contribution in [1.82, 2.24) is 14.5 Å². The molecular weight excluding hydrogens is 306 g/mol. The van der Waals surface area contributed by atoms with Crippen LogP contribution in [0.15, 0.2) is 22.3 Å². The zero-order valence-electron chi connectivity index (χ0n) is 7.87. The molecule has 15 heavy (non-hydrogen) atoms. The largest absolute Gasteiger partial charge is 0.259 e. The molecule has 1 heterocycles. The van der Waals surface area contributed by atoms with Gasteiger partial charge in [0.15, 0.2) is 5.03 Å². The highest BCUT2D eigenvalue weighted by Gasteiger charge is 2.22. The van der Waals surface area contributed by atoms with Gasteiger partial charge in [-0.3, -0.25) is 4.68 Å². The Hall–Kier alpha value is -0.370. The highest BCUT2D eigenvalue weighted by atomic mass is 79.9. The predicted molar refractivity (Wildman–Crippen MR) is 61.5 cm³/mol. The van der Waals surface area contributed by atoms with E-state index in [2.05, 4.69) is 32.3 Å². The van der Waals surface area contributed by atoms with E-state index < -0.39 is 10.0 Å². The zero-order valence-corrected chi connectivity index (χ0v) is 11.0. The SMILES string of the molecule is C=C(Br)CNS(=O)(=O)c1c(Cl)cnn1C. The molecule has 0 amide bonds. The first kappa shape index (κ1) is 12.7. The second-order valence-corrected chi connectivity index (χ2v) is 5.97. The number of aryl methyl sites for hydroxylation is 1. The monoisotopic (exact) mass is 313 g/mol. The van der Waals surface area contributed by atoms with E-state index >= 15 is 0 Å². The van der Waals surface area contributed by atoms with Gasteiger partial charge in [-0.2, -0.15) is 5.10 Å². The molecule has 0 spiro atoms. The van der Waals surface area contributed by atoms with E-state index in [1.807, 2.05) is 0 Å². The summed E-state index contributed by atoms with van der Waals surface area (Å²) < 4.78 is 27.5. The standard InChI is InChI=1S/C7H9BrClN3O2S/c1-5(8)3-11-15(13,14)7-6(9)4-10-12(7)2/h4,11H,1,3H2,2H3. The molecule has 0 aliphatic rings. The lowest BCUT2D eigenvalue weighted by molar-refractivity contribution is 0.567. The minimum Gasteiger partial charge on any atom is -0.255 e. The summed E-state index contributed by atoms with van der Waals surface area (Å²) in [6.45, 7) is 3.62. The number of nitrogens with zero attached hydrogens (tertiary/aromatic N) is 2. The second kappa shape index (κ2) is 4.65. The Labute approximate surface area is 101 Å². The van der Waals surface area contributed by atoms with Crippen molar-refractivity contribution in [3.63, 3.8) is 0 Å². The third-order valence-corrected chi connectivity index (χ3v) is 3.74. The molecule has 8 heteroatoms. The van der Waals surface area contributed by atoms with Crippen molar-refractivity contribution in [2.45, 2.75) is 5.03 Å². The summed E-state index contributed by atoms with van der Waals surface area (Å²) in [6.07, 6.45) is 1.28. The number of sulfonamides is 1. The molecular formula is C7H9BrClN3O2S. The van der Waals surface area contributed by atoms with Crippen molar-refractivity contribution < 1.29 is 8.42 Å². The van der Waals surface area contributed by atoms with Crippen LogP contribution in [0.25, 0.3) is 0 Å². The molecule has 0 fully saturated rings. The Kier molecular flexibility index (Phi) is 3.93. The van der Waals surface area contributed by atoms with E-state index in [1.54, 1.807) is 0 Å². The first-order chi connectivity index (χ1) is 6.84. The lowest BCUT2D eigenvalue weighted by Gasteiger charge is -2.06. The second-order valence-electron chi connectivity index (χ2n) is 2.76. The topological polar surface area (TPSA) is 64.0 Å². The predicted octanol–water partition coefficient (Wildman–Crippen LogP) is 1.26. The molecule has 0 atom stereocenters. The van der Waals surface area contributed by atoms with Gasteiger partial charge < -0.3 is 0 Å². The molecule has 0 bridgehead atoms. The van der Waals surface area contributed by atoms with Gasteiger partial charge in [0.1, 0.15) is 0 Å². The summed E-state index contributed by atoms with van der Waals surface area (Å²) in [6, 6.07) is 0. The average Bonchev–Trinajstić information content (AvgIpc) is 2.43. The average molecular weight is 315 g/mol. The molecule has 0 aliphatic carbocycles. The molecule has 84 valence electrons. The van der Waals surface area contributed by atoms with Gasteiger partial charge in [-0.05, 0) is 0 Å². The minimum absolute atomic E-state index is 0.0575. The van der Waals surface area contributed by atoms with Crippen molar-refractivity contribution >= 4 is 37.6 Å². The molecule has 1 rings (SSSR count). The van der Waals surface area contributed by atoms with Crippen molar-refractivity contribution in [2.24, 2.45) is 7.05 Å². The normalized spacial score (nSPS) is 11.7. The number of hydrogen-bond acceptors (Lipinski definition) is 3. The number of rotatable bonds is 4. The molecule has 0 unspecified atom stereocenters. The van der Waals surface area contributed by atoms with Gasteiger partial charge in [0.2, 0.25) is 0 Å². The number of hydrogen-bond donors (Lipinski definition) is 1. The van der Waals surface area contributed by atoms with Crippen LogP contribution < -0.4 is 4.72 Å². The third kappa shape index (κ3) is 3.04. The van der Waals surface area contributed by atoms with Crippen molar-refractivity contribution in [3.8, 4) is 0 Å². The summed E-state index contributed by atoms with van der Waals surface area (Å²) >= 11 is 8.76. The van der Waals surface area contributed by atoms with Crippen LogP contribution >= 0.6 is 27.5 Å². The smallest absolute Gasteiger partial charge is 0.255 e. The number of halogens is 2. The summed E-state index contributed by atoms with van der Waals surface area (Å²) in [7, 11) is -2.14. The van der Waals surface area contributed by atoms with Crippen molar-refractivity contribution in [3.05, 3.63) is 22.3 Å². The maximum absolute atomic E-state index is 11.7. The molecule has 0 saturated carbocycles. The van der Waals surface area contributed by atoms with Gasteiger partial charge in [-0.15, -0.1) is 0 Å². The first-order valence-electron chi connectivity index (χ1n) is 3.85. The Morgan fingerprint density at radius 1 is 1.80 bits per heavy atom. The summed E-state index contributed by atoms with van der Waals surface area (Å²) in [5.74, 6) is 0. The number of aromatic nitrogens is 2.